The van der Waals surface area contributed by atoms with Crippen LogP contribution in [0.4, 0.5) is 0 Å². The van der Waals surface area contributed by atoms with Crippen molar-refractivity contribution in [1.82, 2.24) is 0 Å². The van der Waals surface area contributed by atoms with Crippen LogP contribution in [0.2, 0.25) is 0 Å². The topological polar surface area (TPSA) is 120 Å². The highest BCUT2D eigenvalue weighted by Gasteiger charge is 2.57. The second-order valence-corrected chi connectivity index (χ2v) is 36.4. The van der Waals surface area contributed by atoms with E-state index in [9.17, 15) is 0 Å². The molecule has 442 valence electrons. The van der Waals surface area contributed by atoms with E-state index in [4.69, 9.17) is 57.6 Å². The Labute approximate surface area is 489 Å². The minimum Gasteiger partial charge on any atom is -0.496 e. The molecule has 0 radical (unpaired) electrons. The SMILES string of the molecule is COc1cccc2c1[P@](C(C)(C)C)C(C(C)(C)C1=N[C@@H](C(C)C)CO1)O2.COc1cccc2c1[P@](C(C)(C)C)C(C(C)(C)C1=N[C@H](C(C)C)CO1)O2.COc1cccc2c1[P@](C(C)(C)C)C(C(C)(C)C1=N[C@H](c3ccccc3)CO1)O2. The Balaban J connectivity index is 0.000000160. The molecule has 81 heavy (non-hydrogen) atoms. The monoisotopic (exact) mass is 1170 g/mol. The van der Waals surface area contributed by atoms with E-state index in [-0.39, 0.29) is 67.4 Å². The maximum absolute atomic E-state index is 6.59. The molecule has 0 amide bonds. The lowest BCUT2D eigenvalue weighted by atomic mass is 9.94. The molecular formula is C66H94N3O9P3. The van der Waals surface area contributed by atoms with Crippen molar-refractivity contribution in [1.29, 1.82) is 0 Å². The van der Waals surface area contributed by atoms with Crippen molar-refractivity contribution in [2.45, 2.75) is 183 Å². The molecule has 0 saturated carbocycles. The molecule has 4 aromatic rings. The highest BCUT2D eigenvalue weighted by atomic mass is 31.1. The predicted octanol–water partition coefficient (Wildman–Crippen LogP) is 15.1. The minimum atomic E-state index is -0.673. The number of rotatable bonds is 12. The van der Waals surface area contributed by atoms with E-state index >= 15 is 0 Å². The molecule has 3 unspecified atom stereocenters. The average Bonchev–Trinajstić information content (AvgIpc) is 4.31. The van der Waals surface area contributed by atoms with Crippen molar-refractivity contribution in [2.75, 3.05) is 41.2 Å². The Kier molecular flexibility index (Phi) is 18.3. The summed E-state index contributed by atoms with van der Waals surface area (Å²) in [5.41, 5.74) is 0.236. The van der Waals surface area contributed by atoms with Gasteiger partial charge in [0.15, 0.2) is 17.7 Å². The van der Waals surface area contributed by atoms with Gasteiger partial charge in [-0.05, 0) is 135 Å². The lowest BCUT2D eigenvalue weighted by Crippen LogP contribution is -2.41. The van der Waals surface area contributed by atoms with Crippen LogP contribution in [-0.2, 0) is 14.2 Å². The molecular weight excluding hydrogens is 1070 g/mol. The van der Waals surface area contributed by atoms with Crippen LogP contribution in [0.5, 0.6) is 34.5 Å². The maximum atomic E-state index is 6.59. The molecule has 6 aliphatic rings. The summed E-state index contributed by atoms with van der Waals surface area (Å²) in [5.74, 6) is 9.01. The smallest absolute Gasteiger partial charge is 0.194 e. The molecule has 0 bridgehead atoms. The van der Waals surface area contributed by atoms with Gasteiger partial charge in [0.2, 0.25) is 0 Å². The highest BCUT2D eigenvalue weighted by molar-refractivity contribution is 7.69. The standard InChI is InChI=1S/C24H30NO3P.2C21H32NO3P/c1-23(2,3)29-20-18(26-6)13-10-14-19(20)28-22(29)24(4,5)21-25-17(15-27-21)16-11-8-7-9-12-16;2*1-13(2)14-12-24-18(22-14)21(6,7)19-25-16-11-9-10-15(23-8)17(16)26(19)20(3,4)5/h7-14,17,22H,15H2,1-6H3;2*9-11,13-14,19H,12H2,1-8H3/t17-,22?,29-;14-,19?,26+;14-,19?,26-/m010/s1. The van der Waals surface area contributed by atoms with Crippen LogP contribution in [0.25, 0.3) is 0 Å². The second kappa shape index (κ2) is 23.8. The first-order valence-corrected chi connectivity index (χ1v) is 33.2. The van der Waals surface area contributed by atoms with E-state index in [2.05, 4.69) is 174 Å². The quantitative estimate of drug-likeness (QED) is 0.128. The summed E-state index contributed by atoms with van der Waals surface area (Å²) in [7, 11) is 3.27. The summed E-state index contributed by atoms with van der Waals surface area (Å²) in [5, 5.41) is 3.88. The molecule has 0 aromatic heterocycles. The summed E-state index contributed by atoms with van der Waals surface area (Å²) in [6, 6.07) is 29.2. The fourth-order valence-electron chi connectivity index (χ4n) is 11.4. The molecule has 0 fully saturated rings. The van der Waals surface area contributed by atoms with Crippen molar-refractivity contribution in [3.05, 3.63) is 90.5 Å². The summed E-state index contributed by atoms with van der Waals surface area (Å²) in [6.07, 6.45) is 0. The fraction of sp³-hybridized carbons (Fsp3) is 0.591. The maximum Gasteiger partial charge on any atom is 0.194 e. The third-order valence-corrected chi connectivity index (χ3v) is 26.8. The van der Waals surface area contributed by atoms with E-state index in [1.807, 2.05) is 42.5 Å². The number of hydrogen-bond acceptors (Lipinski definition) is 12. The summed E-state index contributed by atoms with van der Waals surface area (Å²) in [4.78, 5) is 14.8. The summed E-state index contributed by atoms with van der Waals surface area (Å²) >= 11 is 0. The Bertz CT molecular complexity index is 2830. The van der Waals surface area contributed by atoms with Crippen molar-refractivity contribution in [2.24, 2.45) is 43.1 Å². The van der Waals surface area contributed by atoms with Crippen molar-refractivity contribution in [3.63, 3.8) is 0 Å². The van der Waals surface area contributed by atoms with E-state index in [0.717, 1.165) is 52.2 Å². The lowest BCUT2D eigenvalue weighted by Gasteiger charge is -2.39. The molecule has 0 saturated heterocycles. The number of aliphatic imine (C=N–C) groups is 3. The first-order valence-electron chi connectivity index (χ1n) is 28.9. The molecule has 0 aliphatic carbocycles. The van der Waals surface area contributed by atoms with Gasteiger partial charge in [-0.1, -0.05) is 139 Å². The lowest BCUT2D eigenvalue weighted by molar-refractivity contribution is 0.172. The molecule has 6 aliphatic heterocycles. The molecule has 0 N–H and O–H groups in total. The first kappa shape index (κ1) is 62.4. The molecule has 10 rings (SSSR count). The van der Waals surface area contributed by atoms with E-state index < -0.39 is 23.8 Å². The summed E-state index contributed by atoms with van der Waals surface area (Å²) in [6.45, 7) is 44.6. The first-order chi connectivity index (χ1) is 37.9. The van der Waals surface area contributed by atoms with Crippen molar-refractivity contribution in [3.8, 4) is 34.5 Å². The number of nitrogens with zero attached hydrogens (tertiary/aromatic N) is 3. The van der Waals surface area contributed by atoms with Crippen LogP contribution < -0.4 is 44.3 Å². The predicted molar refractivity (Wildman–Crippen MR) is 339 cm³/mol. The van der Waals surface area contributed by atoms with Gasteiger partial charge in [-0.15, -0.1) is 0 Å². The molecule has 0 spiro atoms. The Morgan fingerprint density at radius 2 is 0.716 bits per heavy atom. The molecule has 4 aromatic carbocycles. The third kappa shape index (κ3) is 12.5. The fourth-order valence-corrected chi connectivity index (χ4v) is 21.5. The Morgan fingerprint density at radius 3 is 1.00 bits per heavy atom. The summed E-state index contributed by atoms with van der Waals surface area (Å²) < 4.78 is 55.1. The van der Waals surface area contributed by atoms with Gasteiger partial charge >= 0.3 is 0 Å². The van der Waals surface area contributed by atoms with Gasteiger partial charge in [0.25, 0.3) is 0 Å². The van der Waals surface area contributed by atoms with Crippen LogP contribution in [-0.4, -0.2) is 104 Å². The zero-order valence-electron chi connectivity index (χ0n) is 52.7. The zero-order chi connectivity index (χ0) is 59.4. The van der Waals surface area contributed by atoms with Gasteiger partial charge in [0.1, 0.15) is 77.9 Å². The van der Waals surface area contributed by atoms with Crippen LogP contribution in [0, 0.1) is 28.1 Å². The van der Waals surface area contributed by atoms with E-state index in [1.54, 1.807) is 21.3 Å². The van der Waals surface area contributed by atoms with Gasteiger partial charge in [-0.25, -0.2) is 15.0 Å². The molecule has 9 atom stereocenters. The van der Waals surface area contributed by atoms with Crippen LogP contribution in [0.15, 0.2) is 99.9 Å². The van der Waals surface area contributed by atoms with Gasteiger partial charge in [0, 0.05) is 0 Å². The second-order valence-electron chi connectivity index (χ2n) is 27.4. The van der Waals surface area contributed by atoms with Crippen LogP contribution in [0.3, 0.4) is 0 Å². The van der Waals surface area contributed by atoms with E-state index in [0.29, 0.717) is 31.7 Å². The number of benzene rings is 4. The Hall–Kier alpha value is -4.62. The van der Waals surface area contributed by atoms with Crippen molar-refractivity contribution < 1.29 is 42.6 Å². The van der Waals surface area contributed by atoms with Crippen LogP contribution >= 0.6 is 23.8 Å². The number of ether oxygens (including phenoxy) is 9. The largest absolute Gasteiger partial charge is 0.496 e. The van der Waals surface area contributed by atoms with Gasteiger partial charge in [0.05, 0.1) is 65.6 Å². The number of methoxy groups -OCH3 is 3. The third-order valence-electron chi connectivity index (χ3n) is 16.1. The van der Waals surface area contributed by atoms with Crippen molar-refractivity contribution >= 4 is 57.4 Å². The minimum absolute atomic E-state index is 0.00784. The number of fused-ring (bicyclic) bond motifs is 3. The van der Waals surface area contributed by atoms with Gasteiger partial charge in [-0.2, -0.15) is 0 Å². The molecule has 12 nitrogen and oxygen atoms in total. The van der Waals surface area contributed by atoms with Gasteiger partial charge < -0.3 is 42.6 Å². The van der Waals surface area contributed by atoms with Gasteiger partial charge in [-0.3, -0.25) is 0 Å². The van der Waals surface area contributed by atoms with Crippen LogP contribution in [0.1, 0.15) is 143 Å². The Morgan fingerprint density at radius 1 is 0.407 bits per heavy atom. The average molecular weight is 1170 g/mol. The number of hydrogen-bond donors (Lipinski definition) is 0. The normalized spacial score (nSPS) is 24.9. The van der Waals surface area contributed by atoms with E-state index in [1.165, 1.54) is 21.5 Å². The highest BCUT2D eigenvalue weighted by Crippen LogP contribution is 2.67. The molecule has 6 heterocycles. The molecule has 15 heteroatoms. The zero-order valence-corrected chi connectivity index (χ0v) is 55.4.